The number of aromatic nitrogens is 2. The molecule has 0 spiro atoms. The molecule has 1 unspecified atom stereocenters. The van der Waals surface area contributed by atoms with Crippen LogP contribution in [0.1, 0.15) is 32.1 Å². The van der Waals surface area contributed by atoms with Crippen molar-refractivity contribution in [2.75, 3.05) is 20.2 Å². The highest BCUT2D eigenvalue weighted by atomic mass is 19.3. The molecule has 1 aromatic heterocycles. The highest BCUT2D eigenvalue weighted by Crippen LogP contribution is 2.32. The van der Waals surface area contributed by atoms with Gasteiger partial charge < -0.3 is 14.0 Å². The van der Waals surface area contributed by atoms with Gasteiger partial charge in [0.15, 0.2) is 11.5 Å². The van der Waals surface area contributed by atoms with Gasteiger partial charge in [0, 0.05) is 12.1 Å². The number of hydrogen-bond donors (Lipinski definition) is 0. The fraction of sp³-hybridized carbons (Fsp3) is 0.556. The summed E-state index contributed by atoms with van der Waals surface area (Å²) in [5.41, 5.74) is 0.614. The standard InChI is InChI=1S/C18H23F2N3O3/c1-3-12-5-4-8-23(10-12)11-16-21-17(22-26-16)13-6-7-14(25-18(19)20)15(9-13)24-2/h6-7,9,12,18H,3-5,8,10-11H2,1-2H3. The van der Waals surface area contributed by atoms with Gasteiger partial charge in [0.25, 0.3) is 0 Å². The van der Waals surface area contributed by atoms with E-state index in [-0.39, 0.29) is 11.5 Å². The molecule has 1 aromatic carbocycles. The van der Waals surface area contributed by atoms with E-state index in [1.165, 1.54) is 32.4 Å². The topological polar surface area (TPSA) is 60.6 Å². The Morgan fingerprint density at radius 3 is 2.92 bits per heavy atom. The second-order valence-electron chi connectivity index (χ2n) is 6.41. The molecule has 26 heavy (non-hydrogen) atoms. The van der Waals surface area contributed by atoms with E-state index in [1.807, 2.05) is 0 Å². The first kappa shape index (κ1) is 18.6. The molecule has 2 heterocycles. The van der Waals surface area contributed by atoms with Crippen LogP contribution in [0.15, 0.2) is 22.7 Å². The first-order chi connectivity index (χ1) is 12.6. The Labute approximate surface area is 151 Å². The van der Waals surface area contributed by atoms with Crippen LogP contribution in [0.25, 0.3) is 11.4 Å². The summed E-state index contributed by atoms with van der Waals surface area (Å²) in [4.78, 5) is 6.76. The lowest BCUT2D eigenvalue weighted by atomic mass is 9.96. The molecule has 0 aliphatic carbocycles. The SMILES string of the molecule is CCC1CCCN(Cc2nc(-c3ccc(OC(F)F)c(OC)c3)no2)C1. The number of halogens is 2. The average molecular weight is 367 g/mol. The molecule has 0 radical (unpaired) electrons. The van der Waals surface area contributed by atoms with Crippen LogP contribution in [0.4, 0.5) is 8.78 Å². The molecule has 1 saturated heterocycles. The average Bonchev–Trinajstić information content (AvgIpc) is 3.10. The maximum atomic E-state index is 12.4. The summed E-state index contributed by atoms with van der Waals surface area (Å²) in [6, 6.07) is 4.57. The van der Waals surface area contributed by atoms with Crippen molar-refractivity contribution in [1.29, 1.82) is 0 Å². The van der Waals surface area contributed by atoms with Crippen molar-refractivity contribution in [2.24, 2.45) is 5.92 Å². The van der Waals surface area contributed by atoms with Gasteiger partial charge in [0.1, 0.15) is 0 Å². The summed E-state index contributed by atoms with van der Waals surface area (Å²) in [6.45, 7) is 1.99. The minimum Gasteiger partial charge on any atom is -0.493 e. The number of benzene rings is 1. The molecule has 0 saturated carbocycles. The van der Waals surface area contributed by atoms with Crippen molar-refractivity contribution in [2.45, 2.75) is 39.3 Å². The summed E-state index contributed by atoms with van der Waals surface area (Å²) in [5, 5.41) is 4.00. The molecule has 1 fully saturated rings. The zero-order valence-corrected chi connectivity index (χ0v) is 15.0. The molecule has 0 N–H and O–H groups in total. The van der Waals surface area contributed by atoms with E-state index in [0.717, 1.165) is 19.0 Å². The molecule has 3 rings (SSSR count). The van der Waals surface area contributed by atoms with Gasteiger partial charge in [-0.2, -0.15) is 13.8 Å². The zero-order chi connectivity index (χ0) is 18.5. The Balaban J connectivity index is 1.71. The molecule has 6 nitrogen and oxygen atoms in total. The third-order valence-corrected chi connectivity index (χ3v) is 4.65. The van der Waals surface area contributed by atoms with Crippen LogP contribution in [-0.4, -0.2) is 41.9 Å². The number of alkyl halides is 2. The van der Waals surface area contributed by atoms with E-state index in [2.05, 4.69) is 26.7 Å². The maximum Gasteiger partial charge on any atom is 0.387 e. The quantitative estimate of drug-likeness (QED) is 0.738. The lowest BCUT2D eigenvalue weighted by Gasteiger charge is -2.30. The van der Waals surface area contributed by atoms with Gasteiger partial charge in [-0.15, -0.1) is 0 Å². The zero-order valence-electron chi connectivity index (χ0n) is 15.0. The predicted octanol–water partition coefficient (Wildman–Crippen LogP) is 3.97. The number of nitrogens with zero attached hydrogens (tertiary/aromatic N) is 3. The number of methoxy groups -OCH3 is 1. The van der Waals surface area contributed by atoms with Gasteiger partial charge >= 0.3 is 6.61 Å². The van der Waals surface area contributed by atoms with E-state index in [9.17, 15) is 8.78 Å². The second kappa shape index (κ2) is 8.44. The summed E-state index contributed by atoms with van der Waals surface area (Å²) in [7, 11) is 1.39. The Morgan fingerprint density at radius 2 is 2.19 bits per heavy atom. The Kier molecular flexibility index (Phi) is 6.03. The number of hydrogen-bond acceptors (Lipinski definition) is 6. The van der Waals surface area contributed by atoms with Crippen LogP contribution in [0.5, 0.6) is 11.5 Å². The van der Waals surface area contributed by atoms with Crippen LogP contribution < -0.4 is 9.47 Å². The molecule has 1 atom stereocenters. The lowest BCUT2D eigenvalue weighted by molar-refractivity contribution is -0.0512. The second-order valence-corrected chi connectivity index (χ2v) is 6.41. The fourth-order valence-corrected chi connectivity index (χ4v) is 3.26. The van der Waals surface area contributed by atoms with Crippen molar-refractivity contribution in [3.05, 3.63) is 24.1 Å². The highest BCUT2D eigenvalue weighted by Gasteiger charge is 2.21. The molecule has 1 aliphatic heterocycles. The van der Waals surface area contributed by atoms with E-state index in [0.29, 0.717) is 23.8 Å². The molecular formula is C18H23F2N3O3. The smallest absolute Gasteiger partial charge is 0.387 e. The summed E-state index contributed by atoms with van der Waals surface area (Å²) < 4.78 is 39.7. The van der Waals surface area contributed by atoms with Gasteiger partial charge in [-0.25, -0.2) is 0 Å². The van der Waals surface area contributed by atoms with Gasteiger partial charge in [0.05, 0.1) is 13.7 Å². The number of rotatable bonds is 7. The first-order valence-corrected chi connectivity index (χ1v) is 8.77. The number of likely N-dealkylation sites (tertiary alicyclic amines) is 1. The Hall–Kier alpha value is -2.22. The van der Waals surface area contributed by atoms with Crippen molar-refractivity contribution in [3.8, 4) is 22.9 Å². The van der Waals surface area contributed by atoms with Crippen molar-refractivity contribution >= 4 is 0 Å². The fourth-order valence-electron chi connectivity index (χ4n) is 3.26. The van der Waals surface area contributed by atoms with Crippen LogP contribution in [0.2, 0.25) is 0 Å². The van der Waals surface area contributed by atoms with E-state index < -0.39 is 6.61 Å². The minimum absolute atomic E-state index is 0.0334. The summed E-state index contributed by atoms with van der Waals surface area (Å²) in [5.74, 6) is 1.82. The summed E-state index contributed by atoms with van der Waals surface area (Å²) >= 11 is 0. The van der Waals surface area contributed by atoms with Crippen molar-refractivity contribution in [1.82, 2.24) is 15.0 Å². The van der Waals surface area contributed by atoms with Gasteiger partial charge in [-0.1, -0.05) is 18.5 Å². The van der Waals surface area contributed by atoms with E-state index in [4.69, 9.17) is 9.26 Å². The van der Waals surface area contributed by atoms with Crippen LogP contribution in [0.3, 0.4) is 0 Å². The largest absolute Gasteiger partial charge is 0.493 e. The van der Waals surface area contributed by atoms with Gasteiger partial charge in [0.2, 0.25) is 11.7 Å². The minimum atomic E-state index is -2.91. The van der Waals surface area contributed by atoms with Crippen LogP contribution in [-0.2, 0) is 6.54 Å². The Bertz CT molecular complexity index is 723. The molecule has 0 amide bonds. The molecule has 2 aromatic rings. The predicted molar refractivity (Wildman–Crippen MR) is 91.2 cm³/mol. The van der Waals surface area contributed by atoms with Gasteiger partial charge in [-0.05, 0) is 43.5 Å². The first-order valence-electron chi connectivity index (χ1n) is 8.77. The molecule has 142 valence electrons. The third kappa shape index (κ3) is 4.49. The van der Waals surface area contributed by atoms with Crippen molar-refractivity contribution in [3.63, 3.8) is 0 Å². The number of ether oxygens (including phenoxy) is 2. The monoisotopic (exact) mass is 367 g/mol. The number of piperidine rings is 1. The van der Waals surface area contributed by atoms with Crippen molar-refractivity contribution < 1.29 is 22.8 Å². The molecule has 0 bridgehead atoms. The van der Waals surface area contributed by atoms with Crippen LogP contribution >= 0.6 is 0 Å². The molecule has 8 heteroatoms. The summed E-state index contributed by atoms with van der Waals surface area (Å²) in [6.07, 6.45) is 3.63. The normalized spacial score (nSPS) is 18.3. The Morgan fingerprint density at radius 1 is 1.35 bits per heavy atom. The van der Waals surface area contributed by atoms with E-state index >= 15 is 0 Å². The molecular weight excluding hydrogens is 344 g/mol. The van der Waals surface area contributed by atoms with Gasteiger partial charge in [-0.3, -0.25) is 4.90 Å². The van der Waals surface area contributed by atoms with Crippen LogP contribution in [0, 0.1) is 5.92 Å². The van der Waals surface area contributed by atoms with E-state index in [1.54, 1.807) is 12.1 Å². The highest BCUT2D eigenvalue weighted by molar-refractivity contribution is 5.60. The lowest BCUT2D eigenvalue weighted by Crippen LogP contribution is -2.34. The maximum absolute atomic E-state index is 12.4. The third-order valence-electron chi connectivity index (χ3n) is 4.65. The molecule has 1 aliphatic rings.